The summed E-state index contributed by atoms with van der Waals surface area (Å²) >= 11 is 0. The van der Waals surface area contributed by atoms with Gasteiger partial charge in [-0.2, -0.15) is 0 Å². The maximum Gasteiger partial charge on any atom is 0.240 e. The van der Waals surface area contributed by atoms with Crippen molar-refractivity contribution >= 4 is 10.0 Å². The molecule has 0 aromatic heterocycles. The zero-order valence-electron chi connectivity index (χ0n) is 9.60. The minimum atomic E-state index is -3.44. The standard InChI is InChI=1S/C11H15NO4S/c1-15-7-5-12-17(13,14)10-2-3-11-9(8-10)4-6-16-11/h2-3,8,12H,4-7H2,1H3. The fourth-order valence-electron chi connectivity index (χ4n) is 1.69. The van der Waals surface area contributed by atoms with Crippen molar-refractivity contribution in [1.29, 1.82) is 0 Å². The van der Waals surface area contributed by atoms with Gasteiger partial charge >= 0.3 is 0 Å². The molecule has 0 aliphatic carbocycles. The zero-order valence-corrected chi connectivity index (χ0v) is 10.4. The van der Waals surface area contributed by atoms with Gasteiger partial charge in [0.2, 0.25) is 10.0 Å². The van der Waals surface area contributed by atoms with Gasteiger partial charge in [-0.05, 0) is 23.8 Å². The van der Waals surface area contributed by atoms with Crippen LogP contribution in [0.25, 0.3) is 0 Å². The highest BCUT2D eigenvalue weighted by molar-refractivity contribution is 7.89. The lowest BCUT2D eigenvalue weighted by molar-refractivity contribution is 0.204. The average molecular weight is 257 g/mol. The molecule has 1 N–H and O–H groups in total. The third-order valence-electron chi connectivity index (χ3n) is 2.57. The number of hydrogen-bond acceptors (Lipinski definition) is 4. The molecule has 0 spiro atoms. The van der Waals surface area contributed by atoms with E-state index in [0.29, 0.717) is 13.2 Å². The van der Waals surface area contributed by atoms with Crippen molar-refractivity contribution in [3.63, 3.8) is 0 Å². The van der Waals surface area contributed by atoms with Crippen LogP contribution in [0.5, 0.6) is 5.75 Å². The van der Waals surface area contributed by atoms with Gasteiger partial charge < -0.3 is 9.47 Å². The first kappa shape index (κ1) is 12.3. The summed E-state index contributed by atoms with van der Waals surface area (Å²) < 4.78 is 36.4. The van der Waals surface area contributed by atoms with Crippen molar-refractivity contribution in [2.24, 2.45) is 0 Å². The molecule has 0 unspecified atom stereocenters. The van der Waals surface area contributed by atoms with Crippen LogP contribution in [0.4, 0.5) is 0 Å². The SMILES string of the molecule is COCCNS(=O)(=O)c1ccc2c(c1)CCO2. The number of nitrogens with one attached hydrogen (secondary N) is 1. The molecular weight excluding hydrogens is 242 g/mol. The smallest absolute Gasteiger partial charge is 0.240 e. The Morgan fingerprint density at radius 2 is 2.29 bits per heavy atom. The van der Waals surface area contributed by atoms with Crippen LogP contribution in [-0.2, 0) is 21.2 Å². The highest BCUT2D eigenvalue weighted by atomic mass is 32.2. The summed E-state index contributed by atoms with van der Waals surface area (Å²) in [5.74, 6) is 0.779. The van der Waals surface area contributed by atoms with Gasteiger partial charge in [-0.15, -0.1) is 0 Å². The van der Waals surface area contributed by atoms with Crippen molar-refractivity contribution in [2.45, 2.75) is 11.3 Å². The van der Waals surface area contributed by atoms with Gasteiger partial charge in [-0.25, -0.2) is 13.1 Å². The molecule has 1 aromatic rings. The number of ether oxygens (including phenoxy) is 2. The van der Waals surface area contributed by atoms with Crippen LogP contribution in [-0.4, -0.2) is 35.3 Å². The molecule has 0 atom stereocenters. The number of benzene rings is 1. The van der Waals surface area contributed by atoms with Crippen LogP contribution >= 0.6 is 0 Å². The molecular formula is C11H15NO4S. The third kappa shape index (κ3) is 2.77. The summed E-state index contributed by atoms with van der Waals surface area (Å²) in [5.41, 5.74) is 0.944. The minimum Gasteiger partial charge on any atom is -0.493 e. The van der Waals surface area contributed by atoms with Crippen molar-refractivity contribution in [2.75, 3.05) is 26.9 Å². The van der Waals surface area contributed by atoms with Crippen molar-refractivity contribution in [1.82, 2.24) is 4.72 Å². The maximum absolute atomic E-state index is 11.9. The Kier molecular flexibility index (Phi) is 3.66. The molecule has 2 rings (SSSR count). The molecule has 1 aromatic carbocycles. The molecule has 0 fully saturated rings. The normalized spacial score (nSPS) is 14.4. The van der Waals surface area contributed by atoms with Crippen LogP contribution in [0.15, 0.2) is 23.1 Å². The van der Waals surface area contributed by atoms with E-state index < -0.39 is 10.0 Å². The Hall–Kier alpha value is -1.11. The van der Waals surface area contributed by atoms with Crippen molar-refractivity contribution < 1.29 is 17.9 Å². The summed E-state index contributed by atoms with van der Waals surface area (Å²) in [7, 11) is -1.91. The number of fused-ring (bicyclic) bond motifs is 1. The van der Waals surface area contributed by atoms with E-state index in [1.165, 1.54) is 7.11 Å². The first-order chi connectivity index (χ1) is 8.13. The molecule has 1 heterocycles. The fourth-order valence-corrected chi connectivity index (χ4v) is 2.75. The molecule has 1 aliphatic rings. The first-order valence-corrected chi connectivity index (χ1v) is 6.86. The summed E-state index contributed by atoms with van der Waals surface area (Å²) in [6.07, 6.45) is 0.761. The van der Waals surface area contributed by atoms with Gasteiger partial charge in [0.25, 0.3) is 0 Å². The first-order valence-electron chi connectivity index (χ1n) is 5.38. The lowest BCUT2D eigenvalue weighted by Crippen LogP contribution is -2.27. The largest absolute Gasteiger partial charge is 0.493 e. The van der Waals surface area contributed by atoms with E-state index in [1.807, 2.05) is 0 Å². The van der Waals surface area contributed by atoms with Crippen molar-refractivity contribution in [3.8, 4) is 5.75 Å². The maximum atomic E-state index is 11.9. The van der Waals surface area contributed by atoms with Gasteiger partial charge in [-0.1, -0.05) is 0 Å². The minimum absolute atomic E-state index is 0.270. The highest BCUT2D eigenvalue weighted by Crippen LogP contribution is 2.27. The van der Waals surface area contributed by atoms with E-state index in [-0.39, 0.29) is 11.4 Å². The fraction of sp³-hybridized carbons (Fsp3) is 0.455. The lowest BCUT2D eigenvalue weighted by Gasteiger charge is -2.07. The highest BCUT2D eigenvalue weighted by Gasteiger charge is 2.18. The van der Waals surface area contributed by atoms with E-state index in [9.17, 15) is 8.42 Å². The van der Waals surface area contributed by atoms with Gasteiger partial charge in [0.15, 0.2) is 0 Å². The Labute approximate surface area is 101 Å². The van der Waals surface area contributed by atoms with Crippen LogP contribution in [0.2, 0.25) is 0 Å². The third-order valence-corrected chi connectivity index (χ3v) is 4.03. The van der Waals surface area contributed by atoms with E-state index in [0.717, 1.165) is 17.7 Å². The van der Waals surface area contributed by atoms with Gasteiger partial charge in [0, 0.05) is 20.1 Å². The molecule has 17 heavy (non-hydrogen) atoms. The molecule has 0 radical (unpaired) electrons. The summed E-state index contributed by atoms with van der Waals surface area (Å²) in [6.45, 7) is 1.25. The van der Waals surface area contributed by atoms with Crippen molar-refractivity contribution in [3.05, 3.63) is 23.8 Å². The van der Waals surface area contributed by atoms with E-state index in [4.69, 9.17) is 9.47 Å². The van der Waals surface area contributed by atoms with Gasteiger partial charge in [0.05, 0.1) is 18.1 Å². The summed E-state index contributed by atoms with van der Waals surface area (Å²) in [4.78, 5) is 0.276. The number of hydrogen-bond donors (Lipinski definition) is 1. The molecule has 0 bridgehead atoms. The predicted octanol–water partition coefficient (Wildman–Crippen LogP) is 0.546. The molecule has 0 saturated carbocycles. The number of sulfonamides is 1. The van der Waals surface area contributed by atoms with Crippen LogP contribution in [0.1, 0.15) is 5.56 Å². The lowest BCUT2D eigenvalue weighted by atomic mass is 10.2. The topological polar surface area (TPSA) is 64.6 Å². The second kappa shape index (κ2) is 5.03. The molecule has 6 heteroatoms. The molecule has 94 valence electrons. The predicted molar refractivity (Wildman–Crippen MR) is 62.7 cm³/mol. The number of rotatable bonds is 5. The zero-order chi connectivity index (χ0) is 12.3. The van der Waals surface area contributed by atoms with Gasteiger partial charge in [0.1, 0.15) is 5.75 Å². The second-order valence-corrected chi connectivity index (χ2v) is 5.53. The monoisotopic (exact) mass is 257 g/mol. The van der Waals surface area contributed by atoms with Crippen LogP contribution < -0.4 is 9.46 Å². The Morgan fingerprint density at radius 3 is 3.06 bits per heavy atom. The Balaban J connectivity index is 2.16. The molecule has 1 aliphatic heterocycles. The van der Waals surface area contributed by atoms with Gasteiger partial charge in [-0.3, -0.25) is 0 Å². The Bertz CT molecular complexity index is 498. The summed E-state index contributed by atoms with van der Waals surface area (Å²) in [5, 5.41) is 0. The number of methoxy groups -OCH3 is 1. The summed E-state index contributed by atoms with van der Waals surface area (Å²) in [6, 6.07) is 4.92. The van der Waals surface area contributed by atoms with E-state index in [2.05, 4.69) is 4.72 Å². The Morgan fingerprint density at radius 1 is 1.47 bits per heavy atom. The van der Waals surface area contributed by atoms with E-state index >= 15 is 0 Å². The van der Waals surface area contributed by atoms with E-state index in [1.54, 1.807) is 18.2 Å². The quantitative estimate of drug-likeness (QED) is 0.782. The van der Waals surface area contributed by atoms with Crippen LogP contribution in [0.3, 0.4) is 0 Å². The molecule has 0 amide bonds. The second-order valence-electron chi connectivity index (χ2n) is 3.76. The van der Waals surface area contributed by atoms with Crippen LogP contribution in [0, 0.1) is 0 Å². The molecule has 5 nitrogen and oxygen atoms in total. The average Bonchev–Trinajstić information content (AvgIpc) is 2.76. The molecule has 0 saturated heterocycles.